The van der Waals surface area contributed by atoms with Gasteiger partial charge in [-0.05, 0) is 5.56 Å². The molecule has 0 N–H and O–H groups in total. The molecule has 0 atom stereocenters. The molecule has 0 bridgehead atoms. The van der Waals surface area contributed by atoms with Gasteiger partial charge in [0, 0.05) is 0 Å². The predicted octanol–water partition coefficient (Wildman–Crippen LogP) is 1.75. The largest absolute Gasteiger partial charge is 0.146 e. The molecule has 0 aliphatic heterocycles. The molecule has 0 radical (unpaired) electrons. The first-order valence-corrected chi connectivity index (χ1v) is 3.21. The van der Waals surface area contributed by atoms with Crippen molar-refractivity contribution in [2.24, 2.45) is 9.57 Å². The minimum absolute atomic E-state index is 1.01. The van der Waals surface area contributed by atoms with E-state index in [1.807, 2.05) is 30.3 Å². The minimum Gasteiger partial charge on any atom is -0.146 e. The fourth-order valence-electron chi connectivity index (χ4n) is 0.629. The van der Waals surface area contributed by atoms with Crippen molar-refractivity contribution in [3.63, 3.8) is 0 Å². The molecule has 0 spiro atoms. The molecule has 1 aromatic carbocycles. The van der Waals surface area contributed by atoms with Crippen LogP contribution in [0.3, 0.4) is 0 Å². The second-order valence-electron chi connectivity index (χ2n) is 1.74. The summed E-state index contributed by atoms with van der Waals surface area (Å²) in [4.78, 5) is 0. The molecule has 10 heavy (non-hydrogen) atoms. The average Bonchev–Trinajstić information content (AvgIpc) is 2.03. The molecule has 0 aromatic heterocycles. The van der Waals surface area contributed by atoms with Gasteiger partial charge in [0.25, 0.3) is 0 Å². The van der Waals surface area contributed by atoms with Gasteiger partial charge in [-0.3, -0.25) is 0 Å². The molecular formula is C7H6N2S. The summed E-state index contributed by atoms with van der Waals surface area (Å²) in [6.45, 7) is 0. The summed E-state index contributed by atoms with van der Waals surface area (Å²) in [5.41, 5.74) is 1.01. The Morgan fingerprint density at radius 1 is 1.20 bits per heavy atom. The molecule has 0 amide bonds. The molecule has 50 valence electrons. The first kappa shape index (κ1) is 7.02. The van der Waals surface area contributed by atoms with Crippen LogP contribution in [-0.4, -0.2) is 6.21 Å². The summed E-state index contributed by atoms with van der Waals surface area (Å²) in [7, 11) is 0. The third kappa shape index (κ3) is 2.03. The van der Waals surface area contributed by atoms with Crippen molar-refractivity contribution in [3.8, 4) is 0 Å². The van der Waals surface area contributed by atoms with Gasteiger partial charge in [0.1, 0.15) is 0 Å². The van der Waals surface area contributed by atoms with Gasteiger partial charge in [0.15, 0.2) is 0 Å². The molecule has 0 aliphatic rings. The summed E-state index contributed by atoms with van der Waals surface area (Å²) in [5, 5.41) is 3.56. The molecule has 0 saturated carbocycles. The van der Waals surface area contributed by atoms with Crippen LogP contribution in [-0.2, 0) is 12.4 Å². The predicted molar refractivity (Wildman–Crippen MR) is 43.8 cm³/mol. The Balaban J connectivity index is 2.76. The summed E-state index contributed by atoms with van der Waals surface area (Å²) < 4.78 is 3.18. The van der Waals surface area contributed by atoms with Crippen molar-refractivity contribution in [1.82, 2.24) is 0 Å². The zero-order valence-corrected chi connectivity index (χ0v) is 6.08. The van der Waals surface area contributed by atoms with Crippen molar-refractivity contribution in [1.29, 1.82) is 0 Å². The monoisotopic (exact) mass is 150 g/mol. The van der Waals surface area contributed by atoms with E-state index in [0.29, 0.717) is 0 Å². The Morgan fingerprint density at radius 2 is 1.90 bits per heavy atom. The van der Waals surface area contributed by atoms with Crippen LogP contribution in [0.2, 0.25) is 0 Å². The molecule has 1 rings (SSSR count). The average molecular weight is 150 g/mol. The molecule has 2 nitrogen and oxygen atoms in total. The molecule has 0 aliphatic carbocycles. The Kier molecular flexibility index (Phi) is 2.70. The second kappa shape index (κ2) is 3.85. The van der Waals surface area contributed by atoms with Gasteiger partial charge in [-0.15, -0.1) is 5.10 Å². The van der Waals surface area contributed by atoms with E-state index in [0.717, 1.165) is 5.56 Å². The number of rotatable bonds is 2. The SMILES string of the molecule is S=N/N=C/c1ccccc1. The van der Waals surface area contributed by atoms with Gasteiger partial charge >= 0.3 is 0 Å². The first-order valence-electron chi connectivity index (χ1n) is 2.84. The van der Waals surface area contributed by atoms with Gasteiger partial charge in [-0.2, -0.15) is 0 Å². The molecule has 0 saturated heterocycles. The topological polar surface area (TPSA) is 24.7 Å². The fraction of sp³-hybridized carbons (Fsp3) is 0. The summed E-state index contributed by atoms with van der Waals surface area (Å²) in [5.74, 6) is 0. The maximum absolute atomic E-state index is 4.28. The smallest absolute Gasteiger partial charge is 0.0653 e. The highest BCUT2D eigenvalue weighted by Gasteiger charge is 1.80. The fourth-order valence-corrected chi connectivity index (χ4v) is 0.676. The van der Waals surface area contributed by atoms with Crippen molar-refractivity contribution in [2.45, 2.75) is 0 Å². The zero-order valence-electron chi connectivity index (χ0n) is 5.27. The van der Waals surface area contributed by atoms with Crippen LogP contribution >= 0.6 is 0 Å². The molecule has 1 aromatic rings. The third-order valence-corrected chi connectivity index (χ3v) is 1.15. The number of hydrogen-bond acceptors (Lipinski definition) is 2. The van der Waals surface area contributed by atoms with E-state index in [9.17, 15) is 0 Å². The van der Waals surface area contributed by atoms with E-state index in [4.69, 9.17) is 0 Å². The Labute approximate surface area is 64.8 Å². The number of hydrogen-bond donors (Lipinski definition) is 0. The quantitative estimate of drug-likeness (QED) is 0.465. The zero-order chi connectivity index (χ0) is 7.23. The molecule has 0 fully saturated rings. The van der Waals surface area contributed by atoms with Crippen LogP contribution in [0, 0.1) is 0 Å². The van der Waals surface area contributed by atoms with E-state index in [1.165, 1.54) is 0 Å². The normalized spacial score (nSPS) is 10.0. The lowest BCUT2D eigenvalue weighted by Gasteiger charge is -1.85. The lowest BCUT2D eigenvalue weighted by atomic mass is 10.2. The Bertz CT molecular complexity index is 231. The lowest BCUT2D eigenvalue weighted by Crippen LogP contribution is -1.75. The maximum atomic E-state index is 4.28. The van der Waals surface area contributed by atoms with E-state index >= 15 is 0 Å². The molecule has 0 unspecified atom stereocenters. The van der Waals surface area contributed by atoms with Gasteiger partial charge in [-0.1, -0.05) is 34.8 Å². The van der Waals surface area contributed by atoms with Crippen LogP contribution in [0.4, 0.5) is 0 Å². The van der Waals surface area contributed by atoms with Gasteiger partial charge in [0.2, 0.25) is 0 Å². The highest BCUT2D eigenvalue weighted by molar-refractivity contribution is 7.47. The van der Waals surface area contributed by atoms with Crippen LogP contribution in [0.15, 0.2) is 39.9 Å². The minimum atomic E-state index is 1.01. The van der Waals surface area contributed by atoms with Crippen molar-refractivity contribution >= 4 is 18.6 Å². The summed E-state index contributed by atoms with van der Waals surface area (Å²) in [6, 6.07) is 9.69. The Morgan fingerprint density at radius 3 is 2.50 bits per heavy atom. The van der Waals surface area contributed by atoms with E-state index < -0.39 is 0 Å². The van der Waals surface area contributed by atoms with E-state index in [2.05, 4.69) is 22.0 Å². The number of benzene rings is 1. The van der Waals surface area contributed by atoms with Crippen LogP contribution < -0.4 is 0 Å². The van der Waals surface area contributed by atoms with E-state index in [1.54, 1.807) is 6.21 Å². The van der Waals surface area contributed by atoms with Crippen molar-refractivity contribution in [2.75, 3.05) is 0 Å². The summed E-state index contributed by atoms with van der Waals surface area (Å²) in [6.07, 6.45) is 1.62. The summed E-state index contributed by atoms with van der Waals surface area (Å²) >= 11 is 4.28. The van der Waals surface area contributed by atoms with Gasteiger partial charge in [-0.25, -0.2) is 0 Å². The molecular weight excluding hydrogens is 144 g/mol. The second-order valence-corrected chi connectivity index (χ2v) is 1.90. The Hall–Kier alpha value is -1.09. The van der Waals surface area contributed by atoms with Crippen molar-refractivity contribution in [3.05, 3.63) is 35.9 Å². The number of nitrogens with zero attached hydrogens (tertiary/aromatic N) is 2. The van der Waals surface area contributed by atoms with Gasteiger partial charge in [0.05, 0.1) is 18.6 Å². The standard InChI is InChI=1S/C7H6N2S/c10-9-8-6-7-4-2-1-3-5-7/h1-6H/b8-6+. The van der Waals surface area contributed by atoms with Crippen LogP contribution in [0.5, 0.6) is 0 Å². The van der Waals surface area contributed by atoms with Gasteiger partial charge < -0.3 is 0 Å². The van der Waals surface area contributed by atoms with Crippen LogP contribution in [0.1, 0.15) is 5.56 Å². The molecule has 3 heteroatoms. The lowest BCUT2D eigenvalue weighted by molar-refractivity contribution is 1.30. The highest BCUT2D eigenvalue weighted by atomic mass is 32.1. The van der Waals surface area contributed by atoms with Crippen molar-refractivity contribution < 1.29 is 0 Å². The maximum Gasteiger partial charge on any atom is 0.0653 e. The first-order chi connectivity index (χ1) is 4.93. The third-order valence-electron chi connectivity index (χ3n) is 1.05. The highest BCUT2D eigenvalue weighted by Crippen LogP contribution is 1.93. The van der Waals surface area contributed by atoms with E-state index in [-0.39, 0.29) is 0 Å². The molecule has 0 heterocycles. The van der Waals surface area contributed by atoms with Crippen LogP contribution in [0.25, 0.3) is 0 Å².